The SMILES string of the molecule is Cc1cnccc1CNCC1CCCCCC1. The first kappa shape index (κ1) is 12.6. The predicted octanol–water partition coefficient (Wildman–Crippen LogP) is 3.45. The lowest BCUT2D eigenvalue weighted by Crippen LogP contribution is -2.22. The Bertz CT molecular complexity index is 327. The molecule has 1 aromatic heterocycles. The molecule has 17 heavy (non-hydrogen) atoms. The summed E-state index contributed by atoms with van der Waals surface area (Å²) in [5.41, 5.74) is 2.68. The molecule has 2 heteroatoms. The third kappa shape index (κ3) is 4.12. The smallest absolute Gasteiger partial charge is 0.0300 e. The lowest BCUT2D eigenvalue weighted by molar-refractivity contribution is 0.425. The van der Waals surface area contributed by atoms with E-state index in [4.69, 9.17) is 0 Å². The van der Waals surface area contributed by atoms with Gasteiger partial charge in [-0.05, 0) is 49.4 Å². The zero-order valence-electron chi connectivity index (χ0n) is 10.9. The molecule has 0 unspecified atom stereocenters. The molecule has 94 valence electrons. The Hall–Kier alpha value is -0.890. The maximum atomic E-state index is 4.13. The van der Waals surface area contributed by atoms with Crippen LogP contribution in [0.1, 0.15) is 49.7 Å². The van der Waals surface area contributed by atoms with Crippen LogP contribution in [0.3, 0.4) is 0 Å². The molecule has 0 amide bonds. The Kier molecular flexibility index (Phi) is 4.99. The van der Waals surface area contributed by atoms with E-state index < -0.39 is 0 Å². The quantitative estimate of drug-likeness (QED) is 0.804. The van der Waals surface area contributed by atoms with Crippen molar-refractivity contribution in [2.45, 2.75) is 52.0 Å². The highest BCUT2D eigenvalue weighted by molar-refractivity contribution is 5.21. The number of aryl methyl sites for hydroxylation is 1. The first-order valence-corrected chi connectivity index (χ1v) is 6.96. The summed E-state index contributed by atoms with van der Waals surface area (Å²) in [5.74, 6) is 0.902. The molecule has 0 aliphatic heterocycles. The van der Waals surface area contributed by atoms with Crippen LogP contribution in [0.25, 0.3) is 0 Å². The molecular weight excluding hydrogens is 208 g/mol. The monoisotopic (exact) mass is 232 g/mol. The van der Waals surface area contributed by atoms with Gasteiger partial charge in [-0.2, -0.15) is 0 Å². The highest BCUT2D eigenvalue weighted by atomic mass is 14.9. The van der Waals surface area contributed by atoms with Gasteiger partial charge in [0.25, 0.3) is 0 Å². The van der Waals surface area contributed by atoms with Crippen LogP contribution in [-0.4, -0.2) is 11.5 Å². The summed E-state index contributed by atoms with van der Waals surface area (Å²) in [7, 11) is 0. The van der Waals surface area contributed by atoms with Crippen LogP contribution in [0.4, 0.5) is 0 Å². The predicted molar refractivity (Wildman–Crippen MR) is 71.9 cm³/mol. The number of hydrogen-bond donors (Lipinski definition) is 1. The molecule has 1 heterocycles. The van der Waals surface area contributed by atoms with E-state index in [1.165, 1.54) is 56.2 Å². The lowest BCUT2D eigenvalue weighted by Gasteiger charge is -2.15. The van der Waals surface area contributed by atoms with Crippen molar-refractivity contribution in [2.75, 3.05) is 6.54 Å². The summed E-state index contributed by atoms with van der Waals surface area (Å²) in [6.45, 7) is 4.31. The van der Waals surface area contributed by atoms with E-state index in [2.05, 4.69) is 23.3 Å². The van der Waals surface area contributed by atoms with Crippen LogP contribution >= 0.6 is 0 Å². The van der Waals surface area contributed by atoms with Crippen molar-refractivity contribution in [3.05, 3.63) is 29.6 Å². The molecule has 0 saturated heterocycles. The van der Waals surface area contributed by atoms with Crippen molar-refractivity contribution in [1.82, 2.24) is 10.3 Å². The summed E-state index contributed by atoms with van der Waals surface area (Å²) in [4.78, 5) is 4.13. The highest BCUT2D eigenvalue weighted by Crippen LogP contribution is 2.22. The summed E-state index contributed by atoms with van der Waals surface area (Å²) in [6, 6.07) is 2.12. The van der Waals surface area contributed by atoms with E-state index in [0.29, 0.717) is 0 Å². The van der Waals surface area contributed by atoms with E-state index in [0.717, 1.165) is 12.5 Å². The maximum Gasteiger partial charge on any atom is 0.0300 e. The van der Waals surface area contributed by atoms with Gasteiger partial charge in [-0.1, -0.05) is 25.7 Å². The Labute approximate surface area is 105 Å². The number of rotatable bonds is 4. The third-order valence-electron chi connectivity index (χ3n) is 3.86. The van der Waals surface area contributed by atoms with Crippen LogP contribution < -0.4 is 5.32 Å². The molecule has 1 N–H and O–H groups in total. The van der Waals surface area contributed by atoms with Gasteiger partial charge in [0.2, 0.25) is 0 Å². The Balaban J connectivity index is 1.73. The molecule has 0 bridgehead atoms. The van der Waals surface area contributed by atoms with Crippen LogP contribution in [0.5, 0.6) is 0 Å². The molecule has 0 radical (unpaired) electrons. The van der Waals surface area contributed by atoms with E-state index >= 15 is 0 Å². The van der Waals surface area contributed by atoms with Crippen LogP contribution in [0, 0.1) is 12.8 Å². The Morgan fingerprint density at radius 2 is 2.00 bits per heavy atom. The van der Waals surface area contributed by atoms with Gasteiger partial charge in [-0.25, -0.2) is 0 Å². The summed E-state index contributed by atoms with van der Waals surface area (Å²) < 4.78 is 0. The normalized spacial score (nSPS) is 17.9. The summed E-state index contributed by atoms with van der Waals surface area (Å²) in [5, 5.41) is 3.61. The fourth-order valence-corrected chi connectivity index (χ4v) is 2.68. The Morgan fingerprint density at radius 1 is 1.24 bits per heavy atom. The lowest BCUT2D eigenvalue weighted by atomic mass is 10.0. The average molecular weight is 232 g/mol. The number of pyridine rings is 1. The molecule has 0 atom stereocenters. The molecule has 0 aromatic carbocycles. The van der Waals surface area contributed by atoms with Crippen molar-refractivity contribution in [2.24, 2.45) is 5.92 Å². The van der Waals surface area contributed by atoms with Crippen LogP contribution in [-0.2, 0) is 6.54 Å². The standard InChI is InChI=1S/C15H24N2/c1-13-10-16-9-8-15(13)12-17-11-14-6-4-2-3-5-7-14/h8-10,14,17H,2-7,11-12H2,1H3. The van der Waals surface area contributed by atoms with Crippen LogP contribution in [0.2, 0.25) is 0 Å². The van der Waals surface area contributed by atoms with Crippen molar-refractivity contribution in [1.29, 1.82) is 0 Å². The first-order chi connectivity index (χ1) is 8.36. The van der Waals surface area contributed by atoms with Gasteiger partial charge in [0, 0.05) is 18.9 Å². The molecule has 1 fully saturated rings. The van der Waals surface area contributed by atoms with E-state index in [9.17, 15) is 0 Å². The highest BCUT2D eigenvalue weighted by Gasteiger charge is 2.11. The van der Waals surface area contributed by atoms with Gasteiger partial charge >= 0.3 is 0 Å². The minimum atomic E-state index is 0.902. The van der Waals surface area contributed by atoms with Crippen molar-refractivity contribution in [3.63, 3.8) is 0 Å². The number of aromatic nitrogens is 1. The second kappa shape index (κ2) is 6.75. The largest absolute Gasteiger partial charge is 0.312 e. The second-order valence-electron chi connectivity index (χ2n) is 5.29. The fraction of sp³-hybridized carbons (Fsp3) is 0.667. The molecule has 0 spiro atoms. The second-order valence-corrected chi connectivity index (χ2v) is 5.29. The number of nitrogens with one attached hydrogen (secondary N) is 1. The third-order valence-corrected chi connectivity index (χ3v) is 3.86. The van der Waals surface area contributed by atoms with E-state index in [1.807, 2.05) is 12.4 Å². The minimum Gasteiger partial charge on any atom is -0.312 e. The molecule has 2 nitrogen and oxygen atoms in total. The molecule has 1 aromatic rings. The minimum absolute atomic E-state index is 0.902. The van der Waals surface area contributed by atoms with E-state index in [-0.39, 0.29) is 0 Å². The Morgan fingerprint density at radius 3 is 2.71 bits per heavy atom. The van der Waals surface area contributed by atoms with Crippen molar-refractivity contribution >= 4 is 0 Å². The van der Waals surface area contributed by atoms with Gasteiger partial charge in [-0.15, -0.1) is 0 Å². The average Bonchev–Trinajstić information content (AvgIpc) is 2.60. The van der Waals surface area contributed by atoms with E-state index in [1.54, 1.807) is 0 Å². The molecule has 1 aliphatic rings. The van der Waals surface area contributed by atoms with Gasteiger partial charge in [0.05, 0.1) is 0 Å². The van der Waals surface area contributed by atoms with Gasteiger partial charge in [0.15, 0.2) is 0 Å². The van der Waals surface area contributed by atoms with Crippen molar-refractivity contribution in [3.8, 4) is 0 Å². The summed E-state index contributed by atoms with van der Waals surface area (Å²) >= 11 is 0. The van der Waals surface area contributed by atoms with Gasteiger partial charge in [0.1, 0.15) is 0 Å². The number of hydrogen-bond acceptors (Lipinski definition) is 2. The zero-order chi connectivity index (χ0) is 11.9. The maximum absolute atomic E-state index is 4.13. The van der Waals surface area contributed by atoms with Gasteiger partial charge < -0.3 is 5.32 Å². The fourth-order valence-electron chi connectivity index (χ4n) is 2.68. The van der Waals surface area contributed by atoms with Crippen LogP contribution in [0.15, 0.2) is 18.5 Å². The number of nitrogens with zero attached hydrogens (tertiary/aromatic N) is 1. The zero-order valence-corrected chi connectivity index (χ0v) is 10.9. The molecular formula is C15H24N2. The molecule has 1 aliphatic carbocycles. The molecule has 1 saturated carbocycles. The van der Waals surface area contributed by atoms with Gasteiger partial charge in [-0.3, -0.25) is 4.98 Å². The summed E-state index contributed by atoms with van der Waals surface area (Å²) in [6.07, 6.45) is 12.4. The molecule has 2 rings (SSSR count). The first-order valence-electron chi connectivity index (χ1n) is 6.96. The topological polar surface area (TPSA) is 24.9 Å². The van der Waals surface area contributed by atoms with Crippen molar-refractivity contribution < 1.29 is 0 Å².